The molecule has 0 radical (unpaired) electrons. The van der Waals surface area contributed by atoms with Crippen LogP contribution >= 0.6 is 0 Å². The number of carbonyl (C=O) groups excluding carboxylic acids is 1. The van der Waals surface area contributed by atoms with Crippen molar-refractivity contribution >= 4 is 5.91 Å². The number of aryl methyl sites for hydroxylation is 1. The molecule has 0 unspecified atom stereocenters. The van der Waals surface area contributed by atoms with Gasteiger partial charge in [0.25, 0.3) is 5.91 Å². The number of hydrogen-bond acceptors (Lipinski definition) is 5. The molecule has 138 valence electrons. The molecule has 1 aromatic carbocycles. The van der Waals surface area contributed by atoms with Crippen molar-refractivity contribution in [2.24, 2.45) is 5.92 Å². The Morgan fingerprint density at radius 2 is 1.89 bits per heavy atom. The van der Waals surface area contributed by atoms with E-state index in [2.05, 4.69) is 28.9 Å². The molecule has 0 saturated carbocycles. The number of amides is 1. The van der Waals surface area contributed by atoms with Crippen LogP contribution in [0.15, 0.2) is 42.7 Å². The van der Waals surface area contributed by atoms with Crippen LogP contribution in [0.3, 0.4) is 0 Å². The monoisotopic (exact) mass is 362 g/mol. The first-order valence-electron chi connectivity index (χ1n) is 9.14. The summed E-state index contributed by atoms with van der Waals surface area (Å²) in [5.41, 5.74) is 2.13. The van der Waals surface area contributed by atoms with E-state index in [4.69, 9.17) is 4.98 Å². The van der Waals surface area contributed by atoms with E-state index in [9.17, 15) is 4.79 Å². The van der Waals surface area contributed by atoms with Gasteiger partial charge in [-0.05, 0) is 12.8 Å². The highest BCUT2D eigenvalue weighted by Gasteiger charge is 2.36. The zero-order chi connectivity index (χ0) is 19.0. The second kappa shape index (κ2) is 6.90. The molecular weight excluding hydrogens is 340 g/mol. The van der Waals surface area contributed by atoms with Crippen molar-refractivity contribution < 1.29 is 4.79 Å². The van der Waals surface area contributed by atoms with E-state index in [1.165, 1.54) is 0 Å². The number of rotatable bonds is 3. The molecule has 1 atom stereocenters. The first kappa shape index (κ1) is 17.3. The van der Waals surface area contributed by atoms with E-state index in [0.29, 0.717) is 24.6 Å². The van der Waals surface area contributed by atoms with Crippen LogP contribution in [-0.4, -0.2) is 42.1 Å². The number of nitrogens with zero attached hydrogens (tertiary/aromatic N) is 6. The lowest BCUT2D eigenvalue weighted by Gasteiger charge is -2.37. The zero-order valence-corrected chi connectivity index (χ0v) is 15.7. The number of aromatic nitrogens is 5. The summed E-state index contributed by atoms with van der Waals surface area (Å²) in [5.74, 6) is 1.60. The van der Waals surface area contributed by atoms with E-state index in [1.54, 1.807) is 12.4 Å². The van der Waals surface area contributed by atoms with Gasteiger partial charge in [-0.1, -0.05) is 44.2 Å². The van der Waals surface area contributed by atoms with Gasteiger partial charge in [0.1, 0.15) is 5.69 Å². The molecule has 0 aliphatic carbocycles. The summed E-state index contributed by atoms with van der Waals surface area (Å²) < 4.78 is 1.93. The summed E-state index contributed by atoms with van der Waals surface area (Å²) in [7, 11) is 0. The molecule has 27 heavy (non-hydrogen) atoms. The number of benzene rings is 1. The highest BCUT2D eigenvalue weighted by atomic mass is 16.2. The van der Waals surface area contributed by atoms with Gasteiger partial charge < -0.3 is 4.90 Å². The van der Waals surface area contributed by atoms with Crippen molar-refractivity contribution in [2.45, 2.75) is 33.4 Å². The average molecular weight is 362 g/mol. The Labute approximate surface area is 158 Å². The molecule has 3 heterocycles. The second-order valence-electron chi connectivity index (χ2n) is 7.11. The SMILES string of the molecule is Cc1cnc(C(=O)N2CCn3nc(-c4ccccc4)nc3[C@@H]2C(C)C)cn1. The van der Waals surface area contributed by atoms with Crippen LogP contribution in [0, 0.1) is 12.8 Å². The fraction of sp³-hybridized carbons (Fsp3) is 0.350. The van der Waals surface area contributed by atoms with Gasteiger partial charge in [0, 0.05) is 18.3 Å². The minimum atomic E-state index is -0.153. The first-order valence-corrected chi connectivity index (χ1v) is 9.14. The summed E-state index contributed by atoms with van der Waals surface area (Å²) in [6.07, 6.45) is 3.17. The third kappa shape index (κ3) is 3.20. The second-order valence-corrected chi connectivity index (χ2v) is 7.11. The summed E-state index contributed by atoms with van der Waals surface area (Å²) in [5, 5.41) is 4.67. The van der Waals surface area contributed by atoms with Crippen molar-refractivity contribution in [2.75, 3.05) is 6.54 Å². The van der Waals surface area contributed by atoms with E-state index >= 15 is 0 Å². The fourth-order valence-electron chi connectivity index (χ4n) is 3.46. The van der Waals surface area contributed by atoms with E-state index in [-0.39, 0.29) is 17.9 Å². The predicted molar refractivity (Wildman–Crippen MR) is 101 cm³/mol. The van der Waals surface area contributed by atoms with E-state index in [0.717, 1.165) is 17.1 Å². The topological polar surface area (TPSA) is 76.8 Å². The third-order valence-electron chi connectivity index (χ3n) is 4.78. The lowest BCUT2D eigenvalue weighted by molar-refractivity contribution is 0.0530. The number of fused-ring (bicyclic) bond motifs is 1. The average Bonchev–Trinajstić information content (AvgIpc) is 3.12. The van der Waals surface area contributed by atoms with Crippen LogP contribution < -0.4 is 0 Å². The fourth-order valence-corrected chi connectivity index (χ4v) is 3.46. The van der Waals surface area contributed by atoms with Gasteiger partial charge in [-0.15, -0.1) is 0 Å². The molecule has 0 N–H and O–H groups in total. The van der Waals surface area contributed by atoms with Crippen LogP contribution in [0.4, 0.5) is 0 Å². The minimum Gasteiger partial charge on any atom is -0.325 e. The van der Waals surface area contributed by atoms with Crippen molar-refractivity contribution in [1.29, 1.82) is 0 Å². The van der Waals surface area contributed by atoms with Gasteiger partial charge in [0.2, 0.25) is 0 Å². The largest absolute Gasteiger partial charge is 0.325 e. The van der Waals surface area contributed by atoms with Gasteiger partial charge in [0.15, 0.2) is 11.6 Å². The first-order chi connectivity index (χ1) is 13.0. The molecule has 4 rings (SSSR count). The van der Waals surface area contributed by atoms with E-state index < -0.39 is 0 Å². The molecule has 3 aromatic rings. The molecule has 1 aliphatic heterocycles. The maximum Gasteiger partial charge on any atom is 0.274 e. The van der Waals surface area contributed by atoms with Crippen LogP contribution in [0.25, 0.3) is 11.4 Å². The Balaban J connectivity index is 1.70. The van der Waals surface area contributed by atoms with Gasteiger partial charge >= 0.3 is 0 Å². The minimum absolute atomic E-state index is 0.114. The number of hydrogen-bond donors (Lipinski definition) is 0. The Hall–Kier alpha value is -3.09. The molecule has 1 amide bonds. The summed E-state index contributed by atoms with van der Waals surface area (Å²) in [6.45, 7) is 7.23. The quantitative estimate of drug-likeness (QED) is 0.716. The predicted octanol–water partition coefficient (Wildman–Crippen LogP) is 2.90. The molecule has 1 aliphatic rings. The summed E-state index contributed by atoms with van der Waals surface area (Å²) in [6, 6.07) is 9.76. The smallest absolute Gasteiger partial charge is 0.274 e. The zero-order valence-electron chi connectivity index (χ0n) is 15.7. The molecule has 0 saturated heterocycles. The highest BCUT2D eigenvalue weighted by Crippen LogP contribution is 2.33. The van der Waals surface area contributed by atoms with Crippen molar-refractivity contribution in [3.05, 3.63) is 59.9 Å². The Morgan fingerprint density at radius 1 is 1.11 bits per heavy atom. The van der Waals surface area contributed by atoms with Crippen molar-refractivity contribution in [3.63, 3.8) is 0 Å². The lowest BCUT2D eigenvalue weighted by atomic mass is 9.99. The van der Waals surface area contributed by atoms with Crippen molar-refractivity contribution in [3.8, 4) is 11.4 Å². The molecule has 0 spiro atoms. The molecule has 0 bridgehead atoms. The standard InChI is InChI=1S/C20H22N6O/c1-13(2)17-19-23-18(15-7-5-4-6-8-15)24-26(19)10-9-25(17)20(27)16-12-21-14(3)11-22-16/h4-8,11-13,17H,9-10H2,1-3H3/t17-/m0/s1. The van der Waals surface area contributed by atoms with Gasteiger partial charge in [-0.25, -0.2) is 14.6 Å². The Kier molecular flexibility index (Phi) is 4.43. The molecule has 7 heteroatoms. The molecule has 7 nitrogen and oxygen atoms in total. The maximum atomic E-state index is 13.1. The normalized spacial score (nSPS) is 16.4. The van der Waals surface area contributed by atoms with Gasteiger partial charge in [0.05, 0.1) is 24.5 Å². The Bertz CT molecular complexity index is 948. The molecule has 2 aromatic heterocycles. The molecular formula is C20H22N6O. The lowest BCUT2D eigenvalue weighted by Crippen LogP contribution is -2.45. The molecule has 0 fully saturated rings. The van der Waals surface area contributed by atoms with Gasteiger partial charge in [-0.3, -0.25) is 9.78 Å². The van der Waals surface area contributed by atoms with Crippen molar-refractivity contribution in [1.82, 2.24) is 29.6 Å². The van der Waals surface area contributed by atoms with Crippen LogP contribution in [0.1, 0.15) is 41.9 Å². The maximum absolute atomic E-state index is 13.1. The summed E-state index contributed by atoms with van der Waals surface area (Å²) in [4.78, 5) is 28.2. The van der Waals surface area contributed by atoms with Crippen LogP contribution in [-0.2, 0) is 6.54 Å². The van der Waals surface area contributed by atoms with Gasteiger partial charge in [-0.2, -0.15) is 5.10 Å². The van der Waals surface area contributed by atoms with Crippen LogP contribution in [0.2, 0.25) is 0 Å². The highest BCUT2D eigenvalue weighted by molar-refractivity contribution is 5.92. The summed E-state index contributed by atoms with van der Waals surface area (Å²) >= 11 is 0. The number of carbonyl (C=O) groups is 1. The Morgan fingerprint density at radius 3 is 2.56 bits per heavy atom. The van der Waals surface area contributed by atoms with Crippen LogP contribution in [0.5, 0.6) is 0 Å². The third-order valence-corrected chi connectivity index (χ3v) is 4.78. The van der Waals surface area contributed by atoms with E-state index in [1.807, 2.05) is 46.8 Å².